The van der Waals surface area contributed by atoms with E-state index >= 15 is 8.78 Å². The molecule has 2 N–H and O–H groups in total. The zero-order valence-electron chi connectivity index (χ0n) is 21.5. The molecule has 2 aromatic carbocycles. The second kappa shape index (κ2) is 11.0. The Morgan fingerprint density at radius 1 is 1.03 bits per heavy atom. The minimum Gasteiger partial charge on any atom is -0.484 e. The molecule has 14 heteroatoms. The summed E-state index contributed by atoms with van der Waals surface area (Å²) in [5.41, 5.74) is -4.20. The highest BCUT2D eigenvalue weighted by Crippen LogP contribution is 2.43. The van der Waals surface area contributed by atoms with Gasteiger partial charge in [-0.2, -0.15) is 8.78 Å². The van der Waals surface area contributed by atoms with Crippen molar-refractivity contribution in [3.05, 3.63) is 52.9 Å². The van der Waals surface area contributed by atoms with Crippen molar-refractivity contribution in [2.75, 3.05) is 25.6 Å². The quantitative estimate of drug-likeness (QED) is 0.225. The van der Waals surface area contributed by atoms with E-state index in [9.17, 15) is 27.1 Å². The van der Waals surface area contributed by atoms with Gasteiger partial charge in [-0.3, -0.25) is 0 Å². The molecule has 0 aliphatic rings. The smallest absolute Gasteiger partial charge is 0.484 e. The number of benzene rings is 2. The van der Waals surface area contributed by atoms with Crippen molar-refractivity contribution < 1.29 is 50.1 Å². The van der Waals surface area contributed by atoms with E-state index in [0.717, 1.165) is 32.0 Å². The number of fused-ring (bicyclic) bond motifs is 1. The summed E-state index contributed by atoms with van der Waals surface area (Å²) < 4.78 is 113. The summed E-state index contributed by atoms with van der Waals surface area (Å²) in [5, 5.41) is 12.2. The van der Waals surface area contributed by atoms with E-state index in [1.54, 1.807) is 0 Å². The molecular weight excluding hydrogens is 539 g/mol. The van der Waals surface area contributed by atoms with Gasteiger partial charge in [0.2, 0.25) is 0 Å². The Labute approximate surface area is 218 Å². The lowest BCUT2D eigenvalue weighted by molar-refractivity contribution is -0.275. The van der Waals surface area contributed by atoms with Gasteiger partial charge in [-0.05, 0) is 33.8 Å². The molecule has 0 bridgehead atoms. The number of hydrogen-bond donors (Lipinski definition) is 2. The number of ether oxygens (including phenoxy) is 3. The van der Waals surface area contributed by atoms with E-state index in [1.807, 2.05) is 0 Å². The molecule has 0 unspecified atom stereocenters. The SMILES string of the molecule is COCCOc1c(OC(F)(F)F)cc2nc(C)nc(N[C@H](C)c3cccc(C(F)(F)C(C)(C)O)c3F)c2c1F. The highest BCUT2D eigenvalue weighted by molar-refractivity contribution is 5.92. The standard InChI is InChI=1S/C25H26F7N3O4/c1-12(14-7-6-8-15(19(14)26)24(28,29)23(3,4)36)33-22-18-16(34-13(2)35-22)11-17(39-25(30,31)32)21(20(18)27)38-10-9-37-5/h6-8,11-12,36H,9-10H2,1-5H3,(H,33,34,35)/t12-/m1/s1. The number of rotatable bonds is 10. The topological polar surface area (TPSA) is 85.7 Å². The van der Waals surface area contributed by atoms with Crippen LogP contribution in [-0.4, -0.2) is 47.4 Å². The molecule has 0 radical (unpaired) electrons. The number of nitrogens with one attached hydrogen (secondary N) is 1. The summed E-state index contributed by atoms with van der Waals surface area (Å²) in [7, 11) is 1.30. The minimum absolute atomic E-state index is 0.00500. The second-order valence-electron chi connectivity index (χ2n) is 9.13. The number of nitrogens with zero attached hydrogens (tertiary/aromatic N) is 2. The number of aryl methyl sites for hydroxylation is 1. The molecule has 3 rings (SSSR count). The average Bonchev–Trinajstić information content (AvgIpc) is 2.78. The highest BCUT2D eigenvalue weighted by atomic mass is 19.4. The fourth-order valence-electron chi connectivity index (χ4n) is 3.73. The molecule has 214 valence electrons. The Hall–Kier alpha value is -3.39. The van der Waals surface area contributed by atoms with Gasteiger partial charge in [0.1, 0.15) is 29.7 Å². The van der Waals surface area contributed by atoms with Crippen LogP contribution < -0.4 is 14.8 Å². The summed E-state index contributed by atoms with van der Waals surface area (Å²) in [6.45, 7) is 4.02. The molecule has 7 nitrogen and oxygen atoms in total. The number of anilines is 1. The molecule has 1 heterocycles. The van der Waals surface area contributed by atoms with Crippen LogP contribution in [0.3, 0.4) is 0 Å². The van der Waals surface area contributed by atoms with Crippen molar-refractivity contribution in [3.8, 4) is 11.5 Å². The maximum Gasteiger partial charge on any atom is 0.573 e. The van der Waals surface area contributed by atoms with Gasteiger partial charge in [-0.15, -0.1) is 13.2 Å². The Morgan fingerprint density at radius 3 is 2.28 bits per heavy atom. The van der Waals surface area contributed by atoms with Gasteiger partial charge in [-0.25, -0.2) is 18.7 Å². The lowest BCUT2D eigenvalue weighted by Gasteiger charge is -2.30. The molecular formula is C25H26F7N3O4. The van der Waals surface area contributed by atoms with Gasteiger partial charge in [-0.1, -0.05) is 12.1 Å². The number of aliphatic hydroxyl groups is 1. The molecule has 39 heavy (non-hydrogen) atoms. The Morgan fingerprint density at radius 2 is 1.69 bits per heavy atom. The predicted octanol–water partition coefficient (Wildman–Crippen LogP) is 6.18. The van der Waals surface area contributed by atoms with E-state index in [1.165, 1.54) is 27.0 Å². The summed E-state index contributed by atoms with van der Waals surface area (Å²) in [5.74, 6) is -8.72. The minimum atomic E-state index is -5.18. The number of halogens is 7. The third-order valence-corrected chi connectivity index (χ3v) is 5.67. The Balaban J connectivity index is 2.13. The first-order valence-electron chi connectivity index (χ1n) is 11.5. The molecule has 0 aliphatic carbocycles. The molecule has 0 saturated carbocycles. The maximum absolute atomic E-state index is 15.7. The van der Waals surface area contributed by atoms with Gasteiger partial charge in [0.25, 0.3) is 0 Å². The molecule has 0 amide bonds. The largest absolute Gasteiger partial charge is 0.573 e. The number of methoxy groups -OCH3 is 1. The van der Waals surface area contributed by atoms with E-state index in [4.69, 9.17) is 9.47 Å². The van der Waals surface area contributed by atoms with Crippen molar-refractivity contribution in [1.29, 1.82) is 0 Å². The van der Waals surface area contributed by atoms with Crippen molar-refractivity contribution in [3.63, 3.8) is 0 Å². The predicted molar refractivity (Wildman–Crippen MR) is 127 cm³/mol. The van der Waals surface area contributed by atoms with Gasteiger partial charge in [0.15, 0.2) is 17.3 Å². The van der Waals surface area contributed by atoms with E-state index in [-0.39, 0.29) is 35.9 Å². The Bertz CT molecular complexity index is 1340. The molecule has 1 aromatic heterocycles. The highest BCUT2D eigenvalue weighted by Gasteiger charge is 2.49. The summed E-state index contributed by atoms with van der Waals surface area (Å²) in [4.78, 5) is 8.07. The second-order valence-corrected chi connectivity index (χ2v) is 9.13. The number of hydrogen-bond acceptors (Lipinski definition) is 7. The van der Waals surface area contributed by atoms with Gasteiger partial charge >= 0.3 is 12.3 Å². The summed E-state index contributed by atoms with van der Waals surface area (Å²) in [6.07, 6.45) is -5.18. The van der Waals surface area contributed by atoms with Gasteiger partial charge in [0, 0.05) is 18.7 Å². The number of alkyl halides is 5. The van der Waals surface area contributed by atoms with Gasteiger partial charge in [0.05, 0.1) is 29.1 Å². The summed E-state index contributed by atoms with van der Waals surface area (Å²) in [6, 6.07) is 2.90. The molecule has 0 saturated heterocycles. The van der Waals surface area contributed by atoms with Crippen LogP contribution in [0.25, 0.3) is 10.9 Å². The monoisotopic (exact) mass is 565 g/mol. The first-order chi connectivity index (χ1) is 18.0. The Kier molecular flexibility index (Phi) is 8.51. The van der Waals surface area contributed by atoms with Crippen LogP contribution >= 0.6 is 0 Å². The molecule has 0 aliphatic heterocycles. The first kappa shape index (κ1) is 30.2. The summed E-state index contributed by atoms with van der Waals surface area (Å²) >= 11 is 0. The van der Waals surface area contributed by atoms with Crippen molar-refractivity contribution in [1.82, 2.24) is 9.97 Å². The number of aromatic nitrogens is 2. The fourth-order valence-corrected chi connectivity index (χ4v) is 3.73. The van der Waals surface area contributed by atoms with Crippen LogP contribution in [0.1, 0.15) is 43.8 Å². The van der Waals surface area contributed by atoms with E-state index in [0.29, 0.717) is 0 Å². The van der Waals surface area contributed by atoms with Crippen molar-refractivity contribution in [2.24, 2.45) is 0 Å². The van der Waals surface area contributed by atoms with E-state index < -0.39 is 58.0 Å². The third kappa shape index (κ3) is 6.44. The normalized spacial score (nSPS) is 13.5. The van der Waals surface area contributed by atoms with Crippen LogP contribution in [0, 0.1) is 18.6 Å². The van der Waals surface area contributed by atoms with Crippen molar-refractivity contribution in [2.45, 2.75) is 51.6 Å². The van der Waals surface area contributed by atoms with Crippen molar-refractivity contribution >= 4 is 16.7 Å². The van der Waals surface area contributed by atoms with Crippen LogP contribution in [0.5, 0.6) is 11.5 Å². The van der Waals surface area contributed by atoms with Crippen LogP contribution in [0.2, 0.25) is 0 Å². The van der Waals surface area contributed by atoms with Crippen LogP contribution in [0.4, 0.5) is 36.6 Å². The lowest BCUT2D eigenvalue weighted by atomic mass is 9.91. The average molecular weight is 565 g/mol. The molecule has 0 spiro atoms. The van der Waals surface area contributed by atoms with Crippen LogP contribution in [-0.2, 0) is 10.7 Å². The lowest BCUT2D eigenvalue weighted by Crippen LogP contribution is -2.41. The zero-order chi connectivity index (χ0) is 29.3. The third-order valence-electron chi connectivity index (χ3n) is 5.67. The maximum atomic E-state index is 15.7. The van der Waals surface area contributed by atoms with Gasteiger partial charge < -0.3 is 24.6 Å². The first-order valence-corrected chi connectivity index (χ1v) is 11.5. The molecule has 1 atom stereocenters. The zero-order valence-corrected chi connectivity index (χ0v) is 21.5. The van der Waals surface area contributed by atoms with E-state index in [2.05, 4.69) is 20.0 Å². The van der Waals surface area contributed by atoms with Crippen LogP contribution in [0.15, 0.2) is 24.3 Å². The fraction of sp³-hybridized carbons (Fsp3) is 0.440. The molecule has 0 fully saturated rings. The molecule has 3 aromatic rings.